The van der Waals surface area contributed by atoms with Gasteiger partial charge in [0.05, 0.1) is 29.4 Å². The van der Waals surface area contributed by atoms with Crippen molar-refractivity contribution in [3.8, 4) is 17.2 Å². The van der Waals surface area contributed by atoms with Crippen LogP contribution in [-0.2, 0) is 10.0 Å². The number of hydrogen-bond donors (Lipinski definition) is 2. The molecule has 0 saturated carbocycles. The Bertz CT molecular complexity index is 1370. The number of rotatable bonds is 9. The number of sulfonamides is 1. The van der Waals surface area contributed by atoms with Gasteiger partial charge in [-0.1, -0.05) is 23.4 Å². The van der Waals surface area contributed by atoms with Gasteiger partial charge in [-0.05, 0) is 65.8 Å². The van der Waals surface area contributed by atoms with Crippen LogP contribution in [0.4, 0.5) is 5.69 Å². The molecule has 8 nitrogen and oxygen atoms in total. The summed E-state index contributed by atoms with van der Waals surface area (Å²) in [6, 6.07) is 11.8. The van der Waals surface area contributed by atoms with Gasteiger partial charge in [-0.2, -0.15) is 0 Å². The summed E-state index contributed by atoms with van der Waals surface area (Å²) in [5.41, 5.74) is -0.0685. The average molecular weight is 615 g/mol. The lowest BCUT2D eigenvalue weighted by Gasteiger charge is -2.25. The lowest BCUT2D eigenvalue weighted by atomic mass is 10.1. The third kappa shape index (κ3) is 6.20. The van der Waals surface area contributed by atoms with Crippen molar-refractivity contribution in [2.24, 2.45) is 0 Å². The summed E-state index contributed by atoms with van der Waals surface area (Å²) in [6.07, 6.45) is 2.14. The SMILES string of the molecule is COc1ccc(Sc2ncc(S(=O)(=O)Nc3ccc(Cl)c(O[C@]4(C)CCNC4)c3)cc2Br)cc1OC. The van der Waals surface area contributed by atoms with Crippen LogP contribution in [0.25, 0.3) is 0 Å². The summed E-state index contributed by atoms with van der Waals surface area (Å²) < 4.78 is 46.0. The highest BCUT2D eigenvalue weighted by atomic mass is 79.9. The Labute approximate surface area is 228 Å². The van der Waals surface area contributed by atoms with E-state index in [2.05, 4.69) is 31.0 Å². The lowest BCUT2D eigenvalue weighted by molar-refractivity contribution is 0.111. The Morgan fingerprint density at radius 3 is 2.56 bits per heavy atom. The van der Waals surface area contributed by atoms with Gasteiger partial charge in [0.25, 0.3) is 10.0 Å². The standard InChI is InChI=1S/C24H25BrClN3O5S2/c1-24(8-9-27-14-24)34-21-10-15(4-6-19(21)26)29-36(30,31)17-12-18(25)23(28-13-17)35-16-5-7-20(32-2)22(11-16)33-3/h4-7,10-13,27,29H,8-9,14H2,1-3H3/t24-/m1/s1. The van der Waals surface area contributed by atoms with E-state index in [1.165, 1.54) is 24.0 Å². The number of benzene rings is 2. The molecule has 0 amide bonds. The monoisotopic (exact) mass is 613 g/mol. The molecular formula is C24H25BrClN3O5S2. The number of ether oxygens (including phenoxy) is 3. The number of pyridine rings is 1. The van der Waals surface area contributed by atoms with Gasteiger partial charge < -0.3 is 19.5 Å². The summed E-state index contributed by atoms with van der Waals surface area (Å²) >= 11 is 11.1. The molecule has 12 heteroatoms. The first-order chi connectivity index (χ1) is 17.1. The smallest absolute Gasteiger partial charge is 0.263 e. The van der Waals surface area contributed by atoms with Gasteiger partial charge in [0.1, 0.15) is 21.3 Å². The van der Waals surface area contributed by atoms with E-state index < -0.39 is 15.6 Å². The highest BCUT2D eigenvalue weighted by molar-refractivity contribution is 9.10. The molecule has 0 unspecified atom stereocenters. The van der Waals surface area contributed by atoms with E-state index in [9.17, 15) is 8.42 Å². The molecule has 0 bridgehead atoms. The van der Waals surface area contributed by atoms with Crippen molar-refractivity contribution in [3.05, 3.63) is 58.2 Å². The van der Waals surface area contributed by atoms with Crippen LogP contribution in [0.5, 0.6) is 17.2 Å². The number of nitrogens with one attached hydrogen (secondary N) is 2. The van der Waals surface area contributed by atoms with Crippen molar-refractivity contribution in [1.82, 2.24) is 10.3 Å². The molecule has 0 aliphatic carbocycles. The predicted molar refractivity (Wildman–Crippen MR) is 144 cm³/mol. The third-order valence-corrected chi connectivity index (χ3v) is 9.07. The first-order valence-corrected chi connectivity index (χ1v) is 14.4. The van der Waals surface area contributed by atoms with Crippen molar-refractivity contribution in [1.29, 1.82) is 0 Å². The van der Waals surface area contributed by atoms with Crippen molar-refractivity contribution in [3.63, 3.8) is 0 Å². The Morgan fingerprint density at radius 2 is 1.89 bits per heavy atom. The van der Waals surface area contributed by atoms with Crippen LogP contribution in [-0.4, -0.2) is 46.3 Å². The fraction of sp³-hybridized carbons (Fsp3) is 0.292. The van der Waals surface area contributed by atoms with Gasteiger partial charge in [-0.25, -0.2) is 13.4 Å². The summed E-state index contributed by atoms with van der Waals surface area (Å²) in [5, 5.41) is 4.27. The Hall–Kier alpha value is -2.18. The Kier molecular flexibility index (Phi) is 8.25. The molecule has 1 aliphatic heterocycles. The normalized spacial score (nSPS) is 17.6. The summed E-state index contributed by atoms with van der Waals surface area (Å²) in [4.78, 5) is 5.23. The van der Waals surface area contributed by atoms with E-state index >= 15 is 0 Å². The van der Waals surface area contributed by atoms with E-state index in [-0.39, 0.29) is 4.90 Å². The second kappa shape index (κ2) is 11.1. The molecule has 1 aliphatic rings. The summed E-state index contributed by atoms with van der Waals surface area (Å²) in [6.45, 7) is 3.53. The van der Waals surface area contributed by atoms with Crippen molar-refractivity contribution >= 4 is 55.0 Å². The number of aromatic nitrogens is 1. The molecule has 1 saturated heterocycles. The fourth-order valence-electron chi connectivity index (χ4n) is 3.63. The maximum Gasteiger partial charge on any atom is 0.263 e. The zero-order chi connectivity index (χ0) is 25.9. The third-order valence-electron chi connectivity index (χ3n) is 5.53. The number of nitrogens with zero attached hydrogens (tertiary/aromatic N) is 1. The maximum absolute atomic E-state index is 13.1. The number of anilines is 1. The quantitative estimate of drug-likeness (QED) is 0.322. The molecule has 2 heterocycles. The molecule has 36 heavy (non-hydrogen) atoms. The van der Waals surface area contributed by atoms with E-state index in [1.54, 1.807) is 38.5 Å². The summed E-state index contributed by atoms with van der Waals surface area (Å²) in [5.74, 6) is 1.63. The van der Waals surface area contributed by atoms with E-state index in [4.69, 9.17) is 25.8 Å². The van der Waals surface area contributed by atoms with Crippen molar-refractivity contribution in [2.45, 2.75) is 33.8 Å². The van der Waals surface area contributed by atoms with Crippen LogP contribution in [0.1, 0.15) is 13.3 Å². The first kappa shape index (κ1) is 26.9. The zero-order valence-corrected chi connectivity index (χ0v) is 23.8. The van der Waals surface area contributed by atoms with Gasteiger partial charge >= 0.3 is 0 Å². The van der Waals surface area contributed by atoms with Crippen molar-refractivity contribution in [2.75, 3.05) is 32.0 Å². The second-order valence-electron chi connectivity index (χ2n) is 8.31. The molecule has 3 aromatic rings. The van der Waals surface area contributed by atoms with Gasteiger partial charge in [-0.3, -0.25) is 4.72 Å². The lowest BCUT2D eigenvalue weighted by Crippen LogP contribution is -2.34. The maximum atomic E-state index is 13.1. The number of hydrogen-bond acceptors (Lipinski definition) is 8. The van der Waals surface area contributed by atoms with Gasteiger partial charge in [0, 0.05) is 30.1 Å². The topological polar surface area (TPSA) is 98.8 Å². The van der Waals surface area contributed by atoms with E-state index in [1.807, 2.05) is 19.1 Å². The predicted octanol–water partition coefficient (Wildman–Crippen LogP) is 5.60. The minimum Gasteiger partial charge on any atom is -0.493 e. The molecular weight excluding hydrogens is 590 g/mol. The van der Waals surface area contributed by atoms with Gasteiger partial charge in [-0.15, -0.1) is 0 Å². The molecule has 1 fully saturated rings. The molecule has 2 N–H and O–H groups in total. The van der Waals surface area contributed by atoms with Gasteiger partial charge in [0.2, 0.25) is 0 Å². The highest BCUT2D eigenvalue weighted by Gasteiger charge is 2.31. The zero-order valence-electron chi connectivity index (χ0n) is 19.8. The molecule has 1 atom stereocenters. The fourth-order valence-corrected chi connectivity index (χ4v) is 6.33. The Balaban J connectivity index is 1.52. The van der Waals surface area contributed by atoms with Crippen LogP contribution in [0.3, 0.4) is 0 Å². The first-order valence-electron chi connectivity index (χ1n) is 10.9. The molecule has 0 spiro atoms. The van der Waals surface area contributed by atoms with Crippen LogP contribution in [0, 0.1) is 0 Å². The largest absolute Gasteiger partial charge is 0.493 e. The Morgan fingerprint density at radius 1 is 1.11 bits per heavy atom. The minimum atomic E-state index is -3.92. The minimum absolute atomic E-state index is 0.00964. The van der Waals surface area contributed by atoms with E-state index in [0.29, 0.717) is 44.0 Å². The van der Waals surface area contributed by atoms with Crippen LogP contribution in [0.15, 0.2) is 68.0 Å². The number of methoxy groups -OCH3 is 2. The van der Waals surface area contributed by atoms with Crippen LogP contribution in [0.2, 0.25) is 5.02 Å². The second-order valence-corrected chi connectivity index (χ2v) is 12.3. The molecule has 2 aromatic carbocycles. The molecule has 192 valence electrons. The van der Waals surface area contributed by atoms with Crippen LogP contribution < -0.4 is 24.2 Å². The summed E-state index contributed by atoms with van der Waals surface area (Å²) in [7, 11) is -0.781. The van der Waals surface area contributed by atoms with Gasteiger partial charge in [0.15, 0.2) is 11.5 Å². The van der Waals surface area contributed by atoms with Crippen LogP contribution >= 0.6 is 39.3 Å². The molecule has 4 rings (SSSR count). The highest BCUT2D eigenvalue weighted by Crippen LogP contribution is 2.38. The molecule has 1 aromatic heterocycles. The molecule has 0 radical (unpaired) electrons. The van der Waals surface area contributed by atoms with Crippen molar-refractivity contribution < 1.29 is 22.6 Å². The average Bonchev–Trinajstić information content (AvgIpc) is 3.28. The number of halogens is 2. The van der Waals surface area contributed by atoms with E-state index in [0.717, 1.165) is 17.9 Å².